The van der Waals surface area contributed by atoms with Crippen molar-refractivity contribution in [2.75, 3.05) is 0 Å². The van der Waals surface area contributed by atoms with Crippen molar-refractivity contribution in [3.63, 3.8) is 0 Å². The predicted molar refractivity (Wildman–Crippen MR) is 55.7 cm³/mol. The molecule has 5 heteroatoms. The van der Waals surface area contributed by atoms with Gasteiger partial charge in [-0.2, -0.15) is 0 Å². The van der Waals surface area contributed by atoms with Gasteiger partial charge in [0.2, 0.25) is 0 Å². The van der Waals surface area contributed by atoms with Crippen molar-refractivity contribution in [2.24, 2.45) is 5.73 Å². The number of hydrogen-bond donors (Lipinski definition) is 1. The van der Waals surface area contributed by atoms with Gasteiger partial charge in [-0.15, -0.1) is 19.0 Å². The zero-order chi connectivity index (χ0) is 10.7. The van der Waals surface area contributed by atoms with Crippen molar-refractivity contribution >= 4 is 12.4 Å². The molecule has 0 aliphatic carbocycles. The Labute approximate surface area is 92.2 Å². The van der Waals surface area contributed by atoms with Crippen LogP contribution in [0.3, 0.4) is 0 Å². The van der Waals surface area contributed by atoms with Crippen molar-refractivity contribution in [3.8, 4) is 0 Å². The molecule has 1 aromatic rings. The molecular formula is C10H11ClF3N. The Morgan fingerprint density at radius 1 is 1.33 bits per heavy atom. The van der Waals surface area contributed by atoms with Crippen molar-refractivity contribution in [3.05, 3.63) is 47.8 Å². The van der Waals surface area contributed by atoms with Crippen LogP contribution < -0.4 is 5.73 Å². The first-order valence-corrected chi connectivity index (χ1v) is 4.02. The van der Waals surface area contributed by atoms with E-state index in [2.05, 4.69) is 6.58 Å². The highest BCUT2D eigenvalue weighted by Gasteiger charge is 2.14. The van der Waals surface area contributed by atoms with E-state index in [-0.39, 0.29) is 12.4 Å². The molecule has 0 aliphatic rings. The van der Waals surface area contributed by atoms with E-state index in [1.165, 1.54) is 12.1 Å². The van der Waals surface area contributed by atoms with Crippen LogP contribution in [0.5, 0.6) is 0 Å². The summed E-state index contributed by atoms with van der Waals surface area (Å²) in [6, 6.07) is 2.89. The summed E-state index contributed by atoms with van der Waals surface area (Å²) in [5.74, 6) is -0.935. The molecule has 0 fully saturated rings. The predicted octanol–water partition coefficient (Wildman–Crippen LogP) is 3.37. The van der Waals surface area contributed by atoms with E-state index in [1.807, 2.05) is 0 Å². The molecular weight excluding hydrogens is 227 g/mol. The third-order valence-electron chi connectivity index (χ3n) is 1.90. The molecule has 0 aromatic heterocycles. The van der Waals surface area contributed by atoms with Crippen LogP contribution in [0.4, 0.5) is 13.2 Å². The topological polar surface area (TPSA) is 26.0 Å². The molecule has 0 unspecified atom stereocenters. The second-order valence-electron chi connectivity index (χ2n) is 2.84. The van der Waals surface area contributed by atoms with Crippen LogP contribution in [0.25, 0.3) is 0 Å². The lowest BCUT2D eigenvalue weighted by Crippen LogP contribution is -2.07. The first-order valence-electron chi connectivity index (χ1n) is 4.02. The summed E-state index contributed by atoms with van der Waals surface area (Å²) in [6.07, 6.45) is -1.39. The molecule has 0 saturated carbocycles. The molecule has 1 nitrogen and oxygen atoms in total. The Balaban J connectivity index is 0.00000196. The zero-order valence-corrected chi connectivity index (χ0v) is 8.61. The Kier molecular flexibility index (Phi) is 5.39. The Morgan fingerprint density at radius 3 is 2.33 bits per heavy atom. The van der Waals surface area contributed by atoms with Gasteiger partial charge in [0.15, 0.2) is 0 Å². The van der Waals surface area contributed by atoms with Crippen LogP contribution in [-0.2, 0) is 0 Å². The molecule has 0 radical (unpaired) electrons. The van der Waals surface area contributed by atoms with Gasteiger partial charge in [-0.05, 0) is 11.6 Å². The Morgan fingerprint density at radius 2 is 1.93 bits per heavy atom. The average Bonchev–Trinajstić information content (AvgIpc) is 2.15. The summed E-state index contributed by atoms with van der Waals surface area (Å²) in [4.78, 5) is 0. The lowest BCUT2D eigenvalue weighted by atomic mass is 10.1. The van der Waals surface area contributed by atoms with Crippen LogP contribution in [0.2, 0.25) is 0 Å². The summed E-state index contributed by atoms with van der Waals surface area (Å²) in [5, 5.41) is 0. The van der Waals surface area contributed by atoms with Gasteiger partial charge in [0.05, 0.1) is 5.56 Å². The highest BCUT2D eigenvalue weighted by molar-refractivity contribution is 5.85. The van der Waals surface area contributed by atoms with Crippen LogP contribution in [0, 0.1) is 5.82 Å². The van der Waals surface area contributed by atoms with E-state index < -0.39 is 23.8 Å². The van der Waals surface area contributed by atoms with E-state index in [4.69, 9.17) is 5.73 Å². The molecule has 1 atom stereocenters. The van der Waals surface area contributed by atoms with Crippen molar-refractivity contribution < 1.29 is 13.2 Å². The van der Waals surface area contributed by atoms with Crippen molar-refractivity contribution in [2.45, 2.75) is 12.5 Å². The fourth-order valence-corrected chi connectivity index (χ4v) is 1.06. The largest absolute Gasteiger partial charge is 0.321 e. The summed E-state index contributed by atoms with van der Waals surface area (Å²) in [5.41, 5.74) is 5.34. The van der Waals surface area contributed by atoms with Gasteiger partial charge in [0.25, 0.3) is 6.43 Å². The number of halogens is 4. The van der Waals surface area contributed by atoms with Crippen LogP contribution >= 0.6 is 12.4 Å². The number of rotatable bonds is 3. The summed E-state index contributed by atoms with van der Waals surface area (Å²) < 4.78 is 37.3. The van der Waals surface area contributed by atoms with Gasteiger partial charge in [-0.1, -0.05) is 18.2 Å². The molecule has 0 bridgehead atoms. The number of benzene rings is 1. The van der Waals surface area contributed by atoms with E-state index in [1.54, 1.807) is 0 Å². The minimum atomic E-state index is -2.80. The molecule has 0 heterocycles. The second-order valence-corrected chi connectivity index (χ2v) is 2.84. The molecule has 0 amide bonds. The Bertz CT molecular complexity index is 341. The van der Waals surface area contributed by atoms with Gasteiger partial charge < -0.3 is 5.73 Å². The maximum Gasteiger partial charge on any atom is 0.266 e. The molecule has 84 valence electrons. The molecule has 0 spiro atoms. The van der Waals surface area contributed by atoms with Gasteiger partial charge in [0.1, 0.15) is 5.82 Å². The summed E-state index contributed by atoms with van der Waals surface area (Å²) in [6.45, 7) is 3.43. The standard InChI is InChI=1S/C10H10F3N.ClH/c1-2-9(14)6-3-4-7(10(12)13)8(11)5-6;/h2-5,9-10H,1,14H2;1H/t9-;/m0./s1. The summed E-state index contributed by atoms with van der Waals surface area (Å²) >= 11 is 0. The third-order valence-corrected chi connectivity index (χ3v) is 1.90. The first kappa shape index (κ1) is 14.0. The normalized spacial score (nSPS) is 12.1. The van der Waals surface area contributed by atoms with Crippen LogP contribution in [-0.4, -0.2) is 0 Å². The number of alkyl halides is 2. The first-order chi connectivity index (χ1) is 6.56. The maximum atomic E-state index is 13.0. The van der Waals surface area contributed by atoms with Crippen molar-refractivity contribution in [1.82, 2.24) is 0 Å². The molecule has 1 aromatic carbocycles. The van der Waals surface area contributed by atoms with Gasteiger partial charge in [-0.3, -0.25) is 0 Å². The minimum Gasteiger partial charge on any atom is -0.321 e. The average molecular weight is 238 g/mol. The summed E-state index contributed by atoms with van der Waals surface area (Å²) in [7, 11) is 0. The smallest absolute Gasteiger partial charge is 0.266 e. The molecule has 15 heavy (non-hydrogen) atoms. The second kappa shape index (κ2) is 5.78. The monoisotopic (exact) mass is 237 g/mol. The highest BCUT2D eigenvalue weighted by Crippen LogP contribution is 2.24. The van der Waals surface area contributed by atoms with E-state index >= 15 is 0 Å². The van der Waals surface area contributed by atoms with E-state index in [0.29, 0.717) is 5.56 Å². The number of nitrogens with two attached hydrogens (primary N) is 1. The quantitative estimate of drug-likeness (QED) is 0.802. The Hall–Kier alpha value is -1.00. The van der Waals surface area contributed by atoms with Gasteiger partial charge >= 0.3 is 0 Å². The molecule has 0 saturated heterocycles. The lowest BCUT2D eigenvalue weighted by Gasteiger charge is -2.08. The van der Waals surface area contributed by atoms with E-state index in [0.717, 1.165) is 12.1 Å². The SMILES string of the molecule is C=C[C@H](N)c1ccc(C(F)F)c(F)c1.Cl. The minimum absolute atomic E-state index is 0. The fraction of sp³-hybridized carbons (Fsp3) is 0.200. The highest BCUT2D eigenvalue weighted by atomic mass is 35.5. The molecule has 0 aliphatic heterocycles. The zero-order valence-electron chi connectivity index (χ0n) is 7.79. The van der Waals surface area contributed by atoms with E-state index in [9.17, 15) is 13.2 Å². The molecule has 2 N–H and O–H groups in total. The van der Waals surface area contributed by atoms with Gasteiger partial charge in [0, 0.05) is 6.04 Å². The number of hydrogen-bond acceptors (Lipinski definition) is 1. The van der Waals surface area contributed by atoms with Gasteiger partial charge in [-0.25, -0.2) is 13.2 Å². The molecule has 1 rings (SSSR count). The lowest BCUT2D eigenvalue weighted by molar-refractivity contribution is 0.146. The van der Waals surface area contributed by atoms with Crippen LogP contribution in [0.1, 0.15) is 23.6 Å². The third kappa shape index (κ3) is 3.25. The van der Waals surface area contributed by atoms with Crippen molar-refractivity contribution in [1.29, 1.82) is 0 Å². The maximum absolute atomic E-state index is 13.0. The van der Waals surface area contributed by atoms with Crippen LogP contribution in [0.15, 0.2) is 30.9 Å². The fourth-order valence-electron chi connectivity index (χ4n) is 1.06.